The van der Waals surface area contributed by atoms with E-state index in [9.17, 15) is 4.79 Å². The molecule has 0 atom stereocenters. The van der Waals surface area contributed by atoms with E-state index in [2.05, 4.69) is 10.3 Å². The predicted molar refractivity (Wildman–Crippen MR) is 128 cm³/mol. The maximum atomic E-state index is 12.4. The quantitative estimate of drug-likeness (QED) is 0.369. The van der Waals surface area contributed by atoms with Gasteiger partial charge in [0.05, 0.1) is 12.2 Å². The molecule has 3 aromatic carbocycles. The van der Waals surface area contributed by atoms with E-state index in [-0.39, 0.29) is 5.91 Å². The van der Waals surface area contributed by atoms with Crippen LogP contribution >= 0.6 is 0 Å². The number of carbonyl (C=O) groups is 1. The van der Waals surface area contributed by atoms with Gasteiger partial charge in [-0.05, 0) is 41.5 Å². The van der Waals surface area contributed by atoms with Gasteiger partial charge in [-0.25, -0.2) is 0 Å². The first-order chi connectivity index (χ1) is 15.8. The molecule has 1 N–H and O–H groups in total. The minimum absolute atomic E-state index is 0.120. The second-order valence-corrected chi connectivity index (χ2v) is 7.27. The van der Waals surface area contributed by atoms with Crippen molar-refractivity contribution >= 4 is 18.1 Å². The van der Waals surface area contributed by atoms with E-state index in [1.54, 1.807) is 6.20 Å². The number of aromatic nitrogens is 1. The number of para-hydroxylation sites is 1. The number of pyridine rings is 1. The normalized spacial score (nSPS) is 10.8. The number of benzene rings is 3. The molecule has 0 unspecified atom stereocenters. The number of nitrogens with zero attached hydrogens (tertiary/aromatic N) is 1. The van der Waals surface area contributed by atoms with Gasteiger partial charge in [0.15, 0.2) is 0 Å². The van der Waals surface area contributed by atoms with Crippen LogP contribution in [0.15, 0.2) is 103 Å². The third-order valence-corrected chi connectivity index (χ3v) is 4.94. The Morgan fingerprint density at radius 2 is 1.56 bits per heavy atom. The first kappa shape index (κ1) is 21.1. The van der Waals surface area contributed by atoms with E-state index in [1.165, 1.54) is 0 Å². The molecule has 0 radical (unpaired) electrons. The van der Waals surface area contributed by atoms with Gasteiger partial charge in [-0.1, -0.05) is 78.9 Å². The number of ether oxygens (including phenoxy) is 1. The fourth-order valence-electron chi connectivity index (χ4n) is 3.19. The van der Waals surface area contributed by atoms with Crippen LogP contribution in [0.25, 0.3) is 12.2 Å². The van der Waals surface area contributed by atoms with Gasteiger partial charge in [-0.3, -0.25) is 9.78 Å². The lowest BCUT2D eigenvalue weighted by Crippen LogP contribution is -2.23. The molecule has 32 heavy (non-hydrogen) atoms. The summed E-state index contributed by atoms with van der Waals surface area (Å²) in [6.07, 6.45) is 5.75. The number of carbonyl (C=O) groups excluding carboxylic acids is 1. The zero-order chi connectivity index (χ0) is 22.0. The van der Waals surface area contributed by atoms with Crippen molar-refractivity contribution in [2.45, 2.75) is 13.2 Å². The molecule has 4 aromatic rings. The molecule has 0 aliphatic carbocycles. The summed E-state index contributed by atoms with van der Waals surface area (Å²) in [4.78, 5) is 16.6. The minimum atomic E-state index is -0.120. The molecule has 0 saturated carbocycles. The van der Waals surface area contributed by atoms with Crippen LogP contribution in [0.2, 0.25) is 0 Å². The van der Waals surface area contributed by atoms with E-state index in [0.717, 1.165) is 28.1 Å². The third-order valence-electron chi connectivity index (χ3n) is 4.94. The summed E-state index contributed by atoms with van der Waals surface area (Å²) in [7, 11) is 0. The van der Waals surface area contributed by atoms with Crippen molar-refractivity contribution in [2.24, 2.45) is 0 Å². The van der Waals surface area contributed by atoms with Gasteiger partial charge in [0.25, 0.3) is 5.91 Å². The molecular formula is C28H24N2O2. The Morgan fingerprint density at radius 3 is 2.34 bits per heavy atom. The lowest BCUT2D eigenvalue weighted by atomic mass is 10.1. The van der Waals surface area contributed by atoms with E-state index in [1.807, 2.05) is 109 Å². The van der Waals surface area contributed by atoms with E-state index in [4.69, 9.17) is 4.74 Å². The molecule has 1 amide bonds. The van der Waals surface area contributed by atoms with E-state index >= 15 is 0 Å². The summed E-state index contributed by atoms with van der Waals surface area (Å²) in [5.41, 5.74) is 4.58. The highest BCUT2D eigenvalue weighted by atomic mass is 16.5. The Balaban J connectivity index is 1.37. The summed E-state index contributed by atoms with van der Waals surface area (Å²) in [5, 5.41) is 2.89. The molecule has 0 spiro atoms. The Morgan fingerprint density at radius 1 is 0.812 bits per heavy atom. The van der Waals surface area contributed by atoms with E-state index in [0.29, 0.717) is 18.7 Å². The van der Waals surface area contributed by atoms with Gasteiger partial charge < -0.3 is 10.1 Å². The number of amides is 1. The molecular weight excluding hydrogens is 396 g/mol. The third kappa shape index (κ3) is 5.92. The van der Waals surface area contributed by atoms with Gasteiger partial charge in [0.2, 0.25) is 0 Å². The van der Waals surface area contributed by atoms with Crippen molar-refractivity contribution < 1.29 is 9.53 Å². The molecule has 0 fully saturated rings. The fourth-order valence-corrected chi connectivity index (χ4v) is 3.19. The lowest BCUT2D eigenvalue weighted by Gasteiger charge is -2.09. The van der Waals surface area contributed by atoms with Gasteiger partial charge in [-0.15, -0.1) is 0 Å². The molecule has 4 rings (SSSR count). The SMILES string of the molecule is O=C(NCc1ccccn1)c1ccc(C=Cc2ccccc2OCc2ccccc2)cc1. The average Bonchev–Trinajstić information content (AvgIpc) is 2.87. The van der Waals surface area contributed by atoms with Crippen molar-refractivity contribution in [2.75, 3.05) is 0 Å². The minimum Gasteiger partial charge on any atom is -0.488 e. The molecule has 4 heteroatoms. The van der Waals surface area contributed by atoms with E-state index < -0.39 is 0 Å². The molecule has 0 aliphatic heterocycles. The van der Waals surface area contributed by atoms with Crippen molar-refractivity contribution in [3.63, 3.8) is 0 Å². The van der Waals surface area contributed by atoms with Crippen molar-refractivity contribution in [3.05, 3.63) is 131 Å². The summed E-state index contributed by atoms with van der Waals surface area (Å²) in [5.74, 6) is 0.712. The first-order valence-corrected chi connectivity index (χ1v) is 10.5. The van der Waals surface area contributed by atoms with Gasteiger partial charge in [0, 0.05) is 17.3 Å². The molecule has 0 bridgehead atoms. The summed E-state index contributed by atoms with van der Waals surface area (Å²) >= 11 is 0. The highest BCUT2D eigenvalue weighted by Gasteiger charge is 2.05. The number of nitrogens with one attached hydrogen (secondary N) is 1. The van der Waals surface area contributed by atoms with Crippen LogP contribution in [0, 0.1) is 0 Å². The van der Waals surface area contributed by atoms with Crippen molar-refractivity contribution in [1.82, 2.24) is 10.3 Å². The molecule has 4 nitrogen and oxygen atoms in total. The Bertz CT molecular complexity index is 1170. The maximum absolute atomic E-state index is 12.4. The topological polar surface area (TPSA) is 51.2 Å². The van der Waals surface area contributed by atoms with Crippen LogP contribution in [-0.4, -0.2) is 10.9 Å². The van der Waals surface area contributed by atoms with Crippen LogP contribution in [0.5, 0.6) is 5.75 Å². The Labute approximate surface area is 188 Å². The van der Waals surface area contributed by atoms with Gasteiger partial charge in [0.1, 0.15) is 12.4 Å². The van der Waals surface area contributed by atoms with Crippen molar-refractivity contribution in [1.29, 1.82) is 0 Å². The van der Waals surface area contributed by atoms with Crippen LogP contribution in [0.1, 0.15) is 32.7 Å². The van der Waals surface area contributed by atoms with Gasteiger partial charge in [-0.2, -0.15) is 0 Å². The maximum Gasteiger partial charge on any atom is 0.251 e. The lowest BCUT2D eigenvalue weighted by molar-refractivity contribution is 0.0950. The molecule has 1 heterocycles. The molecule has 0 aliphatic rings. The van der Waals surface area contributed by atoms with Crippen LogP contribution in [0.4, 0.5) is 0 Å². The Kier molecular flexibility index (Phi) is 7.06. The zero-order valence-electron chi connectivity index (χ0n) is 17.6. The second-order valence-electron chi connectivity index (χ2n) is 7.27. The fraction of sp³-hybridized carbons (Fsp3) is 0.0714. The highest BCUT2D eigenvalue weighted by molar-refractivity contribution is 5.94. The summed E-state index contributed by atoms with van der Waals surface area (Å²) in [6.45, 7) is 0.926. The average molecular weight is 421 g/mol. The van der Waals surface area contributed by atoms with Crippen LogP contribution in [0.3, 0.4) is 0 Å². The monoisotopic (exact) mass is 420 g/mol. The zero-order valence-corrected chi connectivity index (χ0v) is 17.6. The number of hydrogen-bond acceptors (Lipinski definition) is 3. The predicted octanol–water partition coefficient (Wildman–Crippen LogP) is 5.76. The smallest absolute Gasteiger partial charge is 0.251 e. The number of hydrogen-bond donors (Lipinski definition) is 1. The first-order valence-electron chi connectivity index (χ1n) is 10.5. The van der Waals surface area contributed by atoms with Gasteiger partial charge >= 0.3 is 0 Å². The Hall–Kier alpha value is -4.18. The largest absolute Gasteiger partial charge is 0.488 e. The molecule has 0 saturated heterocycles. The summed E-state index contributed by atoms with van der Waals surface area (Å²) < 4.78 is 6.02. The van der Waals surface area contributed by atoms with Crippen molar-refractivity contribution in [3.8, 4) is 5.75 Å². The highest BCUT2D eigenvalue weighted by Crippen LogP contribution is 2.22. The standard InChI is InChI=1S/C28H24N2O2/c31-28(30-20-26-11-6-7-19-29-26)25-17-14-22(15-18-25)13-16-24-10-4-5-12-27(24)32-21-23-8-2-1-3-9-23/h1-19H,20-21H2,(H,30,31). The summed E-state index contributed by atoms with van der Waals surface area (Å²) in [6, 6.07) is 31.2. The second kappa shape index (κ2) is 10.7. The molecule has 158 valence electrons. The van der Waals surface area contributed by atoms with Crippen LogP contribution in [-0.2, 0) is 13.2 Å². The molecule has 1 aromatic heterocycles. The number of rotatable bonds is 8. The van der Waals surface area contributed by atoms with Crippen LogP contribution < -0.4 is 10.1 Å².